The number of aliphatic hydroxyl groups excluding tert-OH is 1. The van der Waals surface area contributed by atoms with Crippen molar-refractivity contribution in [2.45, 2.75) is 31.0 Å². The fourth-order valence-corrected chi connectivity index (χ4v) is 2.37. The summed E-state index contributed by atoms with van der Waals surface area (Å²) >= 11 is 0. The first-order valence-corrected chi connectivity index (χ1v) is 5.47. The third-order valence-electron chi connectivity index (χ3n) is 3.39. The number of hydrogen-bond donors (Lipinski definition) is 2. The molecule has 4 heteroatoms. The first-order chi connectivity index (χ1) is 6.79. The SMILES string of the molecule is CN(C1CCCNC1)C1COCC1O. The van der Waals surface area contributed by atoms with E-state index >= 15 is 0 Å². The van der Waals surface area contributed by atoms with Crippen molar-refractivity contribution in [2.24, 2.45) is 0 Å². The molecule has 2 fully saturated rings. The van der Waals surface area contributed by atoms with Crippen LogP contribution in [0.5, 0.6) is 0 Å². The zero-order valence-corrected chi connectivity index (χ0v) is 8.78. The third kappa shape index (κ3) is 2.08. The standard InChI is InChI=1S/C10H20N2O2/c1-12(8-3-2-4-11-5-8)9-6-14-7-10(9)13/h8-11,13H,2-7H2,1H3. The molecule has 0 aromatic rings. The topological polar surface area (TPSA) is 44.7 Å². The minimum Gasteiger partial charge on any atom is -0.389 e. The zero-order valence-electron chi connectivity index (χ0n) is 8.78. The summed E-state index contributed by atoms with van der Waals surface area (Å²) in [4.78, 5) is 2.28. The van der Waals surface area contributed by atoms with E-state index in [-0.39, 0.29) is 12.1 Å². The van der Waals surface area contributed by atoms with Gasteiger partial charge in [-0.15, -0.1) is 0 Å². The summed E-state index contributed by atoms with van der Waals surface area (Å²) in [6.45, 7) is 3.34. The molecule has 0 amide bonds. The van der Waals surface area contributed by atoms with E-state index in [4.69, 9.17) is 4.74 Å². The Morgan fingerprint density at radius 1 is 1.43 bits per heavy atom. The van der Waals surface area contributed by atoms with Crippen molar-refractivity contribution in [1.29, 1.82) is 0 Å². The number of nitrogens with zero attached hydrogens (tertiary/aromatic N) is 1. The van der Waals surface area contributed by atoms with Crippen LogP contribution >= 0.6 is 0 Å². The van der Waals surface area contributed by atoms with Crippen LogP contribution in [0, 0.1) is 0 Å². The zero-order chi connectivity index (χ0) is 9.97. The van der Waals surface area contributed by atoms with Crippen molar-refractivity contribution < 1.29 is 9.84 Å². The lowest BCUT2D eigenvalue weighted by Gasteiger charge is -2.36. The Labute approximate surface area is 85.2 Å². The largest absolute Gasteiger partial charge is 0.389 e. The van der Waals surface area contributed by atoms with Crippen LogP contribution in [0.1, 0.15) is 12.8 Å². The predicted molar refractivity (Wildman–Crippen MR) is 54.3 cm³/mol. The van der Waals surface area contributed by atoms with Crippen LogP contribution in [0.2, 0.25) is 0 Å². The van der Waals surface area contributed by atoms with Gasteiger partial charge in [0.15, 0.2) is 0 Å². The number of piperidine rings is 1. The summed E-state index contributed by atoms with van der Waals surface area (Å²) in [6.07, 6.45) is 2.16. The van der Waals surface area contributed by atoms with Gasteiger partial charge in [-0.1, -0.05) is 0 Å². The van der Waals surface area contributed by atoms with Crippen LogP contribution in [0.15, 0.2) is 0 Å². The summed E-state index contributed by atoms with van der Waals surface area (Å²) in [7, 11) is 2.10. The molecule has 2 saturated heterocycles. The van der Waals surface area contributed by atoms with Crippen LogP contribution in [0.3, 0.4) is 0 Å². The van der Waals surface area contributed by atoms with Gasteiger partial charge in [-0.05, 0) is 26.4 Å². The van der Waals surface area contributed by atoms with Crippen molar-refractivity contribution in [3.63, 3.8) is 0 Å². The number of aliphatic hydroxyl groups is 1. The molecule has 3 unspecified atom stereocenters. The second kappa shape index (κ2) is 4.57. The number of nitrogens with one attached hydrogen (secondary N) is 1. The van der Waals surface area contributed by atoms with Gasteiger partial charge in [-0.2, -0.15) is 0 Å². The first-order valence-electron chi connectivity index (χ1n) is 5.47. The highest BCUT2D eigenvalue weighted by molar-refractivity contribution is 4.87. The predicted octanol–water partition coefficient (Wildman–Crippen LogP) is -0.570. The normalized spacial score (nSPS) is 39.2. The molecule has 2 N–H and O–H groups in total. The molecule has 0 saturated carbocycles. The lowest BCUT2D eigenvalue weighted by atomic mass is 10.0. The second-order valence-corrected chi connectivity index (χ2v) is 4.34. The molecule has 82 valence electrons. The Morgan fingerprint density at radius 3 is 2.86 bits per heavy atom. The Balaban J connectivity index is 1.89. The van der Waals surface area contributed by atoms with Gasteiger partial charge < -0.3 is 15.2 Å². The van der Waals surface area contributed by atoms with E-state index in [2.05, 4.69) is 17.3 Å². The molecule has 3 atom stereocenters. The molecular weight excluding hydrogens is 180 g/mol. The van der Waals surface area contributed by atoms with Crippen LogP contribution in [-0.4, -0.2) is 61.5 Å². The Hall–Kier alpha value is -0.160. The molecule has 14 heavy (non-hydrogen) atoms. The van der Waals surface area contributed by atoms with Crippen molar-refractivity contribution in [3.05, 3.63) is 0 Å². The van der Waals surface area contributed by atoms with Gasteiger partial charge in [0.25, 0.3) is 0 Å². The van der Waals surface area contributed by atoms with Crippen molar-refractivity contribution >= 4 is 0 Å². The summed E-state index contributed by atoms with van der Waals surface area (Å²) in [5.74, 6) is 0. The molecule has 2 aliphatic rings. The van der Waals surface area contributed by atoms with Gasteiger partial charge in [0.05, 0.1) is 25.4 Å². The van der Waals surface area contributed by atoms with Gasteiger partial charge in [-0.25, -0.2) is 0 Å². The maximum Gasteiger partial charge on any atom is 0.0950 e. The van der Waals surface area contributed by atoms with Crippen LogP contribution < -0.4 is 5.32 Å². The first kappa shape index (κ1) is 10.4. The Kier molecular flexibility index (Phi) is 3.38. The van der Waals surface area contributed by atoms with Gasteiger partial charge in [0.1, 0.15) is 0 Å². The summed E-state index contributed by atoms with van der Waals surface area (Å²) < 4.78 is 5.27. The van der Waals surface area contributed by atoms with E-state index < -0.39 is 0 Å². The Bertz CT molecular complexity index is 183. The number of hydrogen-bond acceptors (Lipinski definition) is 4. The lowest BCUT2D eigenvalue weighted by Crippen LogP contribution is -2.51. The molecule has 0 bridgehead atoms. The third-order valence-corrected chi connectivity index (χ3v) is 3.39. The monoisotopic (exact) mass is 200 g/mol. The van der Waals surface area contributed by atoms with E-state index in [1.54, 1.807) is 0 Å². The highest BCUT2D eigenvalue weighted by Crippen LogP contribution is 2.17. The molecule has 0 aliphatic carbocycles. The maximum atomic E-state index is 9.70. The average molecular weight is 200 g/mol. The average Bonchev–Trinajstić information content (AvgIpc) is 2.65. The highest BCUT2D eigenvalue weighted by atomic mass is 16.5. The fourth-order valence-electron chi connectivity index (χ4n) is 2.37. The van der Waals surface area contributed by atoms with Crippen LogP contribution in [-0.2, 0) is 4.74 Å². The van der Waals surface area contributed by atoms with Gasteiger partial charge >= 0.3 is 0 Å². The molecule has 2 rings (SSSR count). The molecule has 2 heterocycles. The minimum atomic E-state index is -0.304. The van der Waals surface area contributed by atoms with E-state index in [0.717, 1.165) is 13.1 Å². The summed E-state index contributed by atoms with van der Waals surface area (Å²) in [5.41, 5.74) is 0. The van der Waals surface area contributed by atoms with Crippen LogP contribution in [0.25, 0.3) is 0 Å². The molecule has 0 aromatic heterocycles. The van der Waals surface area contributed by atoms with E-state index in [1.807, 2.05) is 0 Å². The maximum absolute atomic E-state index is 9.70. The van der Waals surface area contributed by atoms with Crippen molar-refractivity contribution in [1.82, 2.24) is 10.2 Å². The summed E-state index contributed by atoms with van der Waals surface area (Å²) in [6, 6.07) is 0.755. The Morgan fingerprint density at radius 2 is 2.29 bits per heavy atom. The minimum absolute atomic E-state index is 0.194. The second-order valence-electron chi connectivity index (χ2n) is 4.34. The lowest BCUT2D eigenvalue weighted by molar-refractivity contribution is 0.0648. The molecule has 0 aromatic carbocycles. The quantitative estimate of drug-likeness (QED) is 0.626. The van der Waals surface area contributed by atoms with Crippen LogP contribution in [0.4, 0.5) is 0 Å². The van der Waals surface area contributed by atoms with Gasteiger partial charge in [0, 0.05) is 12.6 Å². The van der Waals surface area contributed by atoms with E-state index in [1.165, 1.54) is 12.8 Å². The van der Waals surface area contributed by atoms with E-state index in [0.29, 0.717) is 19.3 Å². The van der Waals surface area contributed by atoms with Gasteiger partial charge in [0.2, 0.25) is 0 Å². The van der Waals surface area contributed by atoms with Crippen molar-refractivity contribution in [2.75, 3.05) is 33.4 Å². The highest BCUT2D eigenvalue weighted by Gasteiger charge is 2.33. The molecule has 2 aliphatic heterocycles. The summed E-state index contributed by atoms with van der Waals surface area (Å²) in [5, 5.41) is 13.1. The molecule has 0 radical (unpaired) electrons. The number of likely N-dealkylation sites (N-methyl/N-ethyl adjacent to an activating group) is 1. The number of rotatable bonds is 2. The molecule has 0 spiro atoms. The molecule has 4 nitrogen and oxygen atoms in total. The fraction of sp³-hybridized carbons (Fsp3) is 1.00. The molecular formula is C10H20N2O2. The van der Waals surface area contributed by atoms with Crippen molar-refractivity contribution in [3.8, 4) is 0 Å². The smallest absolute Gasteiger partial charge is 0.0950 e. The van der Waals surface area contributed by atoms with Gasteiger partial charge in [-0.3, -0.25) is 4.90 Å². The number of ether oxygens (including phenoxy) is 1. The van der Waals surface area contributed by atoms with E-state index in [9.17, 15) is 5.11 Å².